The molecule has 0 atom stereocenters. The first-order valence-electron chi connectivity index (χ1n) is 11.9. The molecular weight excluding hydrogens is 503 g/mol. The smallest absolute Gasteiger partial charge is 0.0797 e. The van der Waals surface area contributed by atoms with Crippen molar-refractivity contribution >= 4 is 6.08 Å². The predicted molar refractivity (Wildman–Crippen MR) is 130 cm³/mol. The monoisotopic (exact) mass is 552 g/mol. The molecule has 172 valence electrons. The Labute approximate surface area is 220 Å². The molecule has 1 aromatic rings. The molecule has 0 saturated heterocycles. The van der Waals surface area contributed by atoms with Crippen LogP contribution in [0, 0.1) is 99.6 Å². The average molecular weight is 551 g/mol. The van der Waals surface area contributed by atoms with Crippen LogP contribution < -0.4 is 0 Å². The van der Waals surface area contributed by atoms with E-state index in [4.69, 9.17) is 5.11 Å². The standard InChI is InChI=1S/2C10H20.C8H8O.Sm/c2*1-6-7(2)9(4)10(5)8(6)3;9-7-6-8-4-2-1-3-5-8;/h2*6-10H,1-5H3;1-7,9H;/b;;7-6+;. The van der Waals surface area contributed by atoms with Gasteiger partial charge in [-0.3, -0.25) is 0 Å². The summed E-state index contributed by atoms with van der Waals surface area (Å²) in [6.45, 7) is 24.0. The topological polar surface area (TPSA) is 20.2 Å². The molecule has 0 aromatic heterocycles. The summed E-state index contributed by atoms with van der Waals surface area (Å²) in [5, 5.41) is 8.34. The zero-order valence-electron chi connectivity index (χ0n) is 21.2. The maximum Gasteiger partial charge on any atom is 0.0797 e. The van der Waals surface area contributed by atoms with E-state index in [1.165, 1.54) is 0 Å². The second-order valence-electron chi connectivity index (χ2n) is 10.3. The van der Waals surface area contributed by atoms with Gasteiger partial charge in [0.05, 0.1) is 6.26 Å². The first-order chi connectivity index (χ1) is 13.5. The van der Waals surface area contributed by atoms with Gasteiger partial charge in [-0.1, -0.05) is 99.6 Å². The minimum absolute atomic E-state index is 0. The summed E-state index contributed by atoms with van der Waals surface area (Å²) in [6.07, 6.45) is 2.68. The summed E-state index contributed by atoms with van der Waals surface area (Å²) in [5.74, 6) is 9.35. The predicted octanol–water partition coefficient (Wildman–Crippen LogP) is 8.58. The molecule has 3 rings (SSSR count). The minimum atomic E-state index is 0. The van der Waals surface area contributed by atoms with Gasteiger partial charge in [0.15, 0.2) is 0 Å². The van der Waals surface area contributed by atoms with Gasteiger partial charge in [0.25, 0.3) is 0 Å². The van der Waals surface area contributed by atoms with E-state index >= 15 is 0 Å². The molecule has 0 amide bonds. The van der Waals surface area contributed by atoms with Gasteiger partial charge < -0.3 is 5.11 Å². The fourth-order valence-electron chi connectivity index (χ4n) is 5.44. The number of rotatable bonds is 1. The van der Waals surface area contributed by atoms with E-state index in [0.717, 1.165) is 71.0 Å². The van der Waals surface area contributed by atoms with Crippen LogP contribution in [0.15, 0.2) is 36.6 Å². The van der Waals surface area contributed by atoms with E-state index < -0.39 is 0 Å². The molecule has 0 unspecified atom stereocenters. The van der Waals surface area contributed by atoms with Crippen LogP contribution in [0.1, 0.15) is 74.8 Å². The molecule has 1 N–H and O–H groups in total. The van der Waals surface area contributed by atoms with E-state index in [2.05, 4.69) is 69.2 Å². The van der Waals surface area contributed by atoms with Crippen molar-refractivity contribution in [3.8, 4) is 0 Å². The normalized spacial score (nSPS) is 40.1. The number of hydrogen-bond donors (Lipinski definition) is 1. The quantitative estimate of drug-likeness (QED) is 0.347. The van der Waals surface area contributed by atoms with E-state index in [9.17, 15) is 0 Å². The van der Waals surface area contributed by atoms with Gasteiger partial charge >= 0.3 is 0 Å². The molecule has 0 aliphatic heterocycles. The van der Waals surface area contributed by atoms with Crippen molar-refractivity contribution in [3.63, 3.8) is 0 Å². The molecule has 2 aliphatic carbocycles. The summed E-state index contributed by atoms with van der Waals surface area (Å²) < 4.78 is 0. The van der Waals surface area contributed by atoms with Crippen LogP contribution >= 0.6 is 0 Å². The largest absolute Gasteiger partial charge is 0.516 e. The Balaban J connectivity index is 0.000000414. The number of aliphatic hydroxyl groups excluding tert-OH is 1. The second kappa shape index (κ2) is 14.3. The van der Waals surface area contributed by atoms with Crippen molar-refractivity contribution in [2.75, 3.05) is 0 Å². The zero-order chi connectivity index (χ0) is 22.3. The van der Waals surface area contributed by atoms with Crippen molar-refractivity contribution in [3.05, 3.63) is 42.2 Å². The molecule has 0 radical (unpaired) electrons. The van der Waals surface area contributed by atoms with Crippen LogP contribution in [0.5, 0.6) is 0 Å². The van der Waals surface area contributed by atoms with Gasteiger partial charge in [-0.05, 0) is 70.8 Å². The molecule has 2 aliphatic rings. The Hall–Kier alpha value is 0.0977. The molecule has 1 nitrogen and oxygen atoms in total. The van der Waals surface area contributed by atoms with Crippen LogP contribution in [0.4, 0.5) is 0 Å². The van der Waals surface area contributed by atoms with Crippen molar-refractivity contribution in [2.45, 2.75) is 69.2 Å². The van der Waals surface area contributed by atoms with Crippen molar-refractivity contribution < 1.29 is 45.5 Å². The summed E-state index contributed by atoms with van der Waals surface area (Å²) in [6, 6.07) is 9.64. The zero-order valence-corrected chi connectivity index (χ0v) is 23.8. The molecule has 2 fully saturated rings. The fraction of sp³-hybridized carbons (Fsp3) is 0.714. The van der Waals surface area contributed by atoms with Crippen molar-refractivity contribution in [1.82, 2.24) is 0 Å². The van der Waals surface area contributed by atoms with Crippen LogP contribution in [-0.4, -0.2) is 5.11 Å². The Morgan fingerprint density at radius 3 is 0.933 bits per heavy atom. The van der Waals surface area contributed by atoms with E-state index in [0.29, 0.717) is 0 Å². The van der Waals surface area contributed by atoms with Gasteiger partial charge in [0.1, 0.15) is 0 Å². The molecule has 2 saturated carbocycles. The minimum Gasteiger partial charge on any atom is -0.516 e. The number of hydrogen-bond acceptors (Lipinski definition) is 1. The number of aliphatic hydroxyl groups is 1. The molecule has 0 spiro atoms. The second-order valence-corrected chi connectivity index (χ2v) is 10.3. The van der Waals surface area contributed by atoms with Crippen LogP contribution in [0.3, 0.4) is 0 Å². The van der Waals surface area contributed by atoms with Crippen LogP contribution in [0.25, 0.3) is 6.08 Å². The van der Waals surface area contributed by atoms with Crippen molar-refractivity contribution in [1.29, 1.82) is 0 Å². The van der Waals surface area contributed by atoms with E-state index in [1.54, 1.807) is 6.08 Å². The Kier molecular flexibility index (Phi) is 14.3. The van der Waals surface area contributed by atoms with Crippen molar-refractivity contribution in [2.24, 2.45) is 59.2 Å². The molecule has 1 aromatic carbocycles. The summed E-state index contributed by atoms with van der Waals surface area (Å²) >= 11 is 0. The first-order valence-corrected chi connectivity index (χ1v) is 11.9. The molecule has 30 heavy (non-hydrogen) atoms. The Morgan fingerprint density at radius 1 is 0.500 bits per heavy atom. The fourth-order valence-corrected chi connectivity index (χ4v) is 5.44. The maximum absolute atomic E-state index is 8.34. The van der Waals surface area contributed by atoms with Gasteiger partial charge in [0.2, 0.25) is 0 Å². The Bertz CT molecular complexity index is 478. The first kappa shape index (κ1) is 30.1. The van der Waals surface area contributed by atoms with Crippen LogP contribution in [0.2, 0.25) is 0 Å². The third-order valence-corrected chi connectivity index (χ3v) is 9.36. The van der Waals surface area contributed by atoms with Gasteiger partial charge in [-0.25, -0.2) is 0 Å². The molecular formula is C28H48OSm. The van der Waals surface area contributed by atoms with Crippen LogP contribution in [-0.2, 0) is 0 Å². The Morgan fingerprint density at radius 2 is 0.733 bits per heavy atom. The summed E-state index contributed by atoms with van der Waals surface area (Å²) in [7, 11) is 0. The SMILES string of the molecule is CC1C(C)C(C)C(C)C1C.CC1C(C)C(C)C(C)C1C.O/C=C/c1ccccc1.[Sm]. The molecule has 0 heterocycles. The summed E-state index contributed by atoms with van der Waals surface area (Å²) in [4.78, 5) is 0. The molecule has 2 heteroatoms. The maximum atomic E-state index is 8.34. The third-order valence-electron chi connectivity index (χ3n) is 9.36. The summed E-state index contributed by atoms with van der Waals surface area (Å²) in [5.41, 5.74) is 1.01. The number of benzene rings is 1. The van der Waals surface area contributed by atoms with E-state index in [-0.39, 0.29) is 40.4 Å². The van der Waals surface area contributed by atoms with E-state index in [1.807, 2.05) is 30.3 Å². The average Bonchev–Trinajstić information content (AvgIpc) is 3.00. The molecule has 0 bridgehead atoms. The third kappa shape index (κ3) is 7.90. The van der Waals surface area contributed by atoms with Gasteiger partial charge in [-0.2, -0.15) is 0 Å². The van der Waals surface area contributed by atoms with Gasteiger partial charge in [-0.15, -0.1) is 0 Å². The van der Waals surface area contributed by atoms with Gasteiger partial charge in [0, 0.05) is 40.4 Å².